The lowest BCUT2D eigenvalue weighted by molar-refractivity contribution is -0.113. The van der Waals surface area contributed by atoms with Gasteiger partial charge in [0.2, 0.25) is 0 Å². The van der Waals surface area contributed by atoms with Crippen molar-refractivity contribution in [1.29, 1.82) is 0 Å². The Hall–Kier alpha value is -2.57. The number of anilines is 1. The number of rotatable bonds is 2. The molecule has 0 spiro atoms. The number of nitrogens with two attached hydrogens (primary N) is 1. The summed E-state index contributed by atoms with van der Waals surface area (Å²) in [5.74, 6) is -2.56. The van der Waals surface area contributed by atoms with E-state index in [1.807, 2.05) is 17.1 Å². The summed E-state index contributed by atoms with van der Waals surface area (Å²) in [5, 5.41) is 0. The van der Waals surface area contributed by atoms with Crippen LogP contribution in [0.2, 0.25) is 0 Å². The fraction of sp³-hybridized carbons (Fsp3) is 0.353. The molecule has 2 aliphatic heterocycles. The highest BCUT2D eigenvalue weighted by Crippen LogP contribution is 2.39. The standard InChI is InChI=1S/C17H17F2N3O2/c18-17(19)8-21(9-17)16(23)11-1-6-14-15(7-11)24-10-22(14)13-4-2-12(20)3-5-13/h1-2,4,6-7H,3,5,8-10,20H2. The number of hydrogen-bond acceptors (Lipinski definition) is 4. The van der Waals surface area contributed by atoms with Crippen molar-refractivity contribution in [3.63, 3.8) is 0 Å². The molecule has 1 saturated heterocycles. The van der Waals surface area contributed by atoms with Crippen LogP contribution in [0.5, 0.6) is 5.75 Å². The van der Waals surface area contributed by atoms with Crippen LogP contribution in [0.4, 0.5) is 14.5 Å². The highest BCUT2D eigenvalue weighted by atomic mass is 19.3. The lowest BCUT2D eigenvalue weighted by Gasteiger charge is -2.38. The second kappa shape index (κ2) is 5.22. The van der Waals surface area contributed by atoms with E-state index in [0.29, 0.717) is 18.0 Å². The molecular weight excluding hydrogens is 316 g/mol. The van der Waals surface area contributed by atoms with E-state index in [0.717, 1.165) is 34.8 Å². The fourth-order valence-electron chi connectivity index (χ4n) is 3.13. The van der Waals surface area contributed by atoms with Crippen LogP contribution in [-0.2, 0) is 0 Å². The van der Waals surface area contributed by atoms with E-state index in [-0.39, 0.29) is 0 Å². The number of likely N-dealkylation sites (tertiary alicyclic amines) is 1. The van der Waals surface area contributed by atoms with Crippen molar-refractivity contribution >= 4 is 11.6 Å². The normalized spacial score (nSPS) is 21.4. The topological polar surface area (TPSA) is 58.8 Å². The van der Waals surface area contributed by atoms with E-state index in [4.69, 9.17) is 10.5 Å². The number of halogens is 2. The molecule has 4 rings (SSSR count). The van der Waals surface area contributed by atoms with Crippen LogP contribution in [0, 0.1) is 0 Å². The number of carbonyl (C=O) groups excluding carboxylic acids is 1. The number of hydrogen-bond donors (Lipinski definition) is 1. The molecule has 0 saturated carbocycles. The summed E-state index contributed by atoms with van der Waals surface area (Å²) in [5.41, 5.74) is 8.98. The minimum atomic E-state index is -2.76. The first kappa shape index (κ1) is 15.0. The Labute approximate surface area is 138 Å². The number of nitrogens with zero attached hydrogens (tertiary/aromatic N) is 2. The van der Waals surface area contributed by atoms with Crippen LogP contribution in [0.15, 0.2) is 41.7 Å². The molecule has 5 nitrogen and oxygen atoms in total. The molecule has 126 valence electrons. The van der Waals surface area contributed by atoms with Gasteiger partial charge in [0.25, 0.3) is 11.8 Å². The molecule has 2 heterocycles. The highest BCUT2D eigenvalue weighted by Gasteiger charge is 2.46. The summed E-state index contributed by atoms with van der Waals surface area (Å²) in [4.78, 5) is 15.4. The quantitative estimate of drug-likeness (QED) is 0.903. The molecule has 0 aromatic heterocycles. The molecule has 3 aliphatic rings. The van der Waals surface area contributed by atoms with E-state index < -0.39 is 24.9 Å². The van der Waals surface area contributed by atoms with Gasteiger partial charge in [-0.15, -0.1) is 0 Å². The van der Waals surface area contributed by atoms with Crippen LogP contribution in [0.25, 0.3) is 0 Å². The van der Waals surface area contributed by atoms with E-state index in [2.05, 4.69) is 0 Å². The molecule has 1 amide bonds. The Morgan fingerprint density at radius 1 is 1.21 bits per heavy atom. The predicted octanol–water partition coefficient (Wildman–Crippen LogP) is 2.45. The fourth-order valence-corrected chi connectivity index (χ4v) is 3.13. The zero-order valence-corrected chi connectivity index (χ0v) is 13.0. The Morgan fingerprint density at radius 2 is 2.00 bits per heavy atom. The molecule has 1 aromatic carbocycles. The molecule has 1 aromatic rings. The average molecular weight is 333 g/mol. The first-order valence-electron chi connectivity index (χ1n) is 7.80. The van der Waals surface area contributed by atoms with Crippen molar-refractivity contribution < 1.29 is 18.3 Å². The number of fused-ring (bicyclic) bond motifs is 1. The summed E-state index contributed by atoms with van der Waals surface area (Å²) < 4.78 is 31.5. The summed E-state index contributed by atoms with van der Waals surface area (Å²) in [6, 6.07) is 5.09. The Kier molecular flexibility index (Phi) is 3.26. The zero-order chi connectivity index (χ0) is 16.9. The van der Waals surface area contributed by atoms with Gasteiger partial charge in [-0.2, -0.15) is 0 Å². The van der Waals surface area contributed by atoms with Crippen molar-refractivity contribution in [2.45, 2.75) is 18.8 Å². The molecule has 2 N–H and O–H groups in total. The summed E-state index contributed by atoms with van der Waals surface area (Å²) in [7, 11) is 0. The Morgan fingerprint density at radius 3 is 2.67 bits per heavy atom. The molecule has 0 atom stereocenters. The SMILES string of the molecule is NC1=CC=C(N2COc3cc(C(=O)N4CC(F)(F)C4)ccc32)CC1. The first-order chi connectivity index (χ1) is 11.4. The third kappa shape index (κ3) is 2.50. The molecule has 1 aliphatic carbocycles. The van der Waals surface area contributed by atoms with Crippen molar-refractivity contribution in [2.24, 2.45) is 5.73 Å². The number of alkyl halides is 2. The Bertz CT molecular complexity index is 765. The molecule has 0 bridgehead atoms. The van der Waals surface area contributed by atoms with Gasteiger partial charge in [-0.1, -0.05) is 0 Å². The van der Waals surface area contributed by atoms with Crippen molar-refractivity contribution in [2.75, 3.05) is 24.7 Å². The third-order valence-electron chi connectivity index (χ3n) is 4.48. The minimum absolute atomic E-state index is 0.368. The van der Waals surface area contributed by atoms with Gasteiger partial charge in [0.05, 0.1) is 18.8 Å². The van der Waals surface area contributed by atoms with Crippen LogP contribution in [-0.4, -0.2) is 36.5 Å². The lowest BCUT2D eigenvalue weighted by Crippen LogP contribution is -2.58. The molecule has 7 heteroatoms. The molecule has 24 heavy (non-hydrogen) atoms. The van der Waals surface area contributed by atoms with Gasteiger partial charge in [-0.25, -0.2) is 8.78 Å². The third-order valence-corrected chi connectivity index (χ3v) is 4.48. The maximum absolute atomic E-state index is 12.9. The monoisotopic (exact) mass is 333 g/mol. The van der Waals surface area contributed by atoms with Crippen molar-refractivity contribution in [3.8, 4) is 5.75 Å². The van der Waals surface area contributed by atoms with E-state index in [1.54, 1.807) is 18.2 Å². The smallest absolute Gasteiger partial charge is 0.282 e. The summed E-state index contributed by atoms with van der Waals surface area (Å²) in [6.07, 6.45) is 5.49. The number of ether oxygens (including phenoxy) is 1. The largest absolute Gasteiger partial charge is 0.471 e. The molecular formula is C17H17F2N3O2. The maximum atomic E-state index is 12.9. The van der Waals surface area contributed by atoms with Crippen molar-refractivity contribution in [1.82, 2.24) is 4.90 Å². The highest BCUT2D eigenvalue weighted by molar-refractivity contribution is 5.96. The van der Waals surface area contributed by atoms with Crippen LogP contribution in [0.3, 0.4) is 0 Å². The summed E-state index contributed by atoms with van der Waals surface area (Å²) in [6.45, 7) is -0.665. The van der Waals surface area contributed by atoms with Gasteiger partial charge in [0.1, 0.15) is 5.75 Å². The van der Waals surface area contributed by atoms with Gasteiger partial charge < -0.3 is 20.3 Å². The number of benzene rings is 1. The van der Waals surface area contributed by atoms with Crippen LogP contribution >= 0.6 is 0 Å². The lowest BCUT2D eigenvalue weighted by atomic mass is 10.1. The first-order valence-corrected chi connectivity index (χ1v) is 7.80. The van der Waals surface area contributed by atoms with Crippen LogP contribution in [0.1, 0.15) is 23.2 Å². The summed E-state index contributed by atoms with van der Waals surface area (Å²) >= 11 is 0. The number of allylic oxidation sites excluding steroid dienone is 4. The molecule has 0 radical (unpaired) electrons. The van der Waals surface area contributed by atoms with E-state index in [1.165, 1.54) is 0 Å². The van der Waals surface area contributed by atoms with Gasteiger partial charge >= 0.3 is 0 Å². The van der Waals surface area contributed by atoms with Crippen molar-refractivity contribution in [3.05, 3.63) is 47.3 Å². The van der Waals surface area contributed by atoms with Gasteiger partial charge in [0.15, 0.2) is 6.73 Å². The maximum Gasteiger partial charge on any atom is 0.282 e. The molecule has 0 unspecified atom stereocenters. The van der Waals surface area contributed by atoms with Gasteiger partial charge in [0, 0.05) is 17.0 Å². The van der Waals surface area contributed by atoms with E-state index in [9.17, 15) is 13.6 Å². The second-order valence-corrected chi connectivity index (χ2v) is 6.30. The molecule has 1 fully saturated rings. The number of carbonyl (C=O) groups is 1. The zero-order valence-electron chi connectivity index (χ0n) is 13.0. The average Bonchev–Trinajstić information content (AvgIpc) is 2.95. The Balaban J connectivity index is 1.54. The second-order valence-electron chi connectivity index (χ2n) is 6.30. The van der Waals surface area contributed by atoms with Gasteiger partial charge in [-0.3, -0.25) is 4.79 Å². The minimum Gasteiger partial charge on any atom is -0.471 e. The predicted molar refractivity (Wildman–Crippen MR) is 84.9 cm³/mol. The number of amides is 1. The van der Waals surface area contributed by atoms with Gasteiger partial charge in [-0.05, 0) is 43.2 Å². The van der Waals surface area contributed by atoms with E-state index >= 15 is 0 Å². The van der Waals surface area contributed by atoms with Crippen LogP contribution < -0.4 is 15.4 Å².